The minimum Gasteiger partial charge on any atom is -0.480 e. The van der Waals surface area contributed by atoms with E-state index in [0.717, 1.165) is 0 Å². The van der Waals surface area contributed by atoms with E-state index in [0.29, 0.717) is 19.4 Å². The molecule has 0 radical (unpaired) electrons. The van der Waals surface area contributed by atoms with Crippen molar-refractivity contribution in [3.63, 3.8) is 0 Å². The summed E-state index contributed by atoms with van der Waals surface area (Å²) in [5, 5.41) is 29.4. The Morgan fingerprint density at radius 3 is 2.75 bits per heavy atom. The van der Waals surface area contributed by atoms with E-state index in [4.69, 9.17) is 20.9 Å². The number of carboxylic acid groups (broad SMARTS) is 1. The molecule has 0 aliphatic carbocycles. The third kappa shape index (κ3) is 2.73. The Balaban J connectivity index is 2.60. The maximum atomic E-state index is 11.0. The average Bonchev–Trinajstić information content (AvgIpc) is 2.43. The molecule has 0 amide bonds. The molecule has 0 bridgehead atoms. The Kier molecular flexibility index (Phi) is 4.31. The molecule has 16 heavy (non-hydrogen) atoms. The summed E-state index contributed by atoms with van der Waals surface area (Å²) in [6.07, 6.45) is 1.36. The first-order valence-corrected chi connectivity index (χ1v) is 5.46. The van der Waals surface area contributed by atoms with Gasteiger partial charge in [-0.25, -0.2) is 0 Å². The van der Waals surface area contributed by atoms with Crippen LogP contribution < -0.4 is 11.1 Å². The number of hydrogen-bond acceptors (Lipinski definition) is 5. The van der Waals surface area contributed by atoms with Gasteiger partial charge in [0, 0.05) is 18.0 Å². The first-order chi connectivity index (χ1) is 7.38. The maximum absolute atomic E-state index is 11.0. The van der Waals surface area contributed by atoms with Gasteiger partial charge in [-0.1, -0.05) is 13.3 Å². The van der Waals surface area contributed by atoms with Gasteiger partial charge >= 0.3 is 13.1 Å². The van der Waals surface area contributed by atoms with Crippen LogP contribution in [0, 0.1) is 5.41 Å². The van der Waals surface area contributed by atoms with E-state index in [-0.39, 0.29) is 12.4 Å². The van der Waals surface area contributed by atoms with Crippen LogP contribution in [0.3, 0.4) is 0 Å². The fourth-order valence-electron chi connectivity index (χ4n) is 2.29. The van der Waals surface area contributed by atoms with Crippen LogP contribution >= 0.6 is 0 Å². The summed E-state index contributed by atoms with van der Waals surface area (Å²) >= 11 is 0. The van der Waals surface area contributed by atoms with Crippen molar-refractivity contribution in [2.75, 3.05) is 6.54 Å². The summed E-state index contributed by atoms with van der Waals surface area (Å²) in [6, 6.07) is -0.872. The molecule has 1 fully saturated rings. The van der Waals surface area contributed by atoms with Crippen molar-refractivity contribution in [2.45, 2.75) is 38.2 Å². The lowest BCUT2D eigenvalue weighted by atomic mass is 9.72. The Labute approximate surface area is 95.0 Å². The second kappa shape index (κ2) is 5.14. The number of aliphatic carboxylic acids is 1. The molecule has 0 spiro atoms. The Morgan fingerprint density at radius 1 is 1.62 bits per heavy atom. The molecule has 6 nitrogen and oxygen atoms in total. The summed E-state index contributed by atoms with van der Waals surface area (Å²) in [5.41, 5.74) is 5.38. The van der Waals surface area contributed by atoms with Gasteiger partial charge in [-0.3, -0.25) is 4.79 Å². The molecule has 0 saturated carbocycles. The van der Waals surface area contributed by atoms with Crippen LogP contribution in [0.4, 0.5) is 0 Å². The van der Waals surface area contributed by atoms with Gasteiger partial charge < -0.3 is 26.2 Å². The fourth-order valence-corrected chi connectivity index (χ4v) is 2.29. The Hall–Kier alpha value is -0.625. The molecule has 1 aliphatic heterocycles. The first-order valence-electron chi connectivity index (χ1n) is 5.46. The minimum absolute atomic E-state index is 0.218. The van der Waals surface area contributed by atoms with Crippen molar-refractivity contribution in [1.29, 1.82) is 0 Å². The second-order valence-electron chi connectivity index (χ2n) is 4.66. The highest BCUT2D eigenvalue weighted by molar-refractivity contribution is 6.40. The highest BCUT2D eigenvalue weighted by Crippen LogP contribution is 2.35. The molecule has 3 atom stereocenters. The number of nitrogens with two attached hydrogens (primary N) is 1. The van der Waals surface area contributed by atoms with Gasteiger partial charge in [0.2, 0.25) is 0 Å². The van der Waals surface area contributed by atoms with Gasteiger partial charge in [-0.2, -0.15) is 0 Å². The zero-order chi connectivity index (χ0) is 12.3. The van der Waals surface area contributed by atoms with E-state index < -0.39 is 24.5 Å². The van der Waals surface area contributed by atoms with Crippen LogP contribution in [0.1, 0.15) is 19.8 Å². The van der Waals surface area contributed by atoms with Crippen LogP contribution in [0.15, 0.2) is 0 Å². The predicted octanol–water partition coefficient (Wildman–Crippen LogP) is -1.37. The van der Waals surface area contributed by atoms with Crippen LogP contribution in [0.25, 0.3) is 0 Å². The first kappa shape index (κ1) is 13.4. The summed E-state index contributed by atoms with van der Waals surface area (Å²) in [5.74, 6) is -0.903. The monoisotopic (exact) mass is 230 g/mol. The largest absolute Gasteiger partial charge is 0.480 e. The molecule has 1 rings (SSSR count). The van der Waals surface area contributed by atoms with Crippen molar-refractivity contribution in [2.24, 2.45) is 11.1 Å². The van der Waals surface area contributed by atoms with Crippen molar-refractivity contribution in [3.8, 4) is 0 Å². The number of rotatable bonds is 5. The SMILES string of the molecule is C[C@]1(CCCB(O)O)[C@@H](C(=O)O)NC[C@@H]1N. The van der Waals surface area contributed by atoms with E-state index >= 15 is 0 Å². The highest BCUT2D eigenvalue weighted by atomic mass is 16.4. The van der Waals surface area contributed by atoms with Crippen LogP contribution in [0.5, 0.6) is 0 Å². The highest BCUT2D eigenvalue weighted by Gasteiger charge is 2.48. The standard InChI is InChI=1S/C9H19BN2O4/c1-9(3-2-4-10(15)16)6(11)5-12-7(9)8(13)14/h6-7,12,15-16H,2-5,11H2,1H3,(H,13,14)/t6-,7+,9+/m0/s1. The molecule has 0 aromatic carbocycles. The molecule has 6 N–H and O–H groups in total. The van der Waals surface area contributed by atoms with Gasteiger partial charge in [-0.15, -0.1) is 0 Å². The zero-order valence-electron chi connectivity index (χ0n) is 9.39. The summed E-state index contributed by atoms with van der Waals surface area (Å²) < 4.78 is 0. The van der Waals surface area contributed by atoms with E-state index in [2.05, 4.69) is 5.32 Å². The molecular formula is C9H19BN2O4. The molecule has 7 heteroatoms. The molecule has 1 saturated heterocycles. The molecule has 0 aromatic rings. The topological polar surface area (TPSA) is 116 Å². The van der Waals surface area contributed by atoms with Crippen molar-refractivity contribution in [3.05, 3.63) is 0 Å². The maximum Gasteiger partial charge on any atom is 0.451 e. The van der Waals surface area contributed by atoms with Gasteiger partial charge in [0.15, 0.2) is 0 Å². The van der Waals surface area contributed by atoms with E-state index in [1.54, 1.807) is 0 Å². The summed E-state index contributed by atoms with van der Waals surface area (Å²) in [6.45, 7) is 2.31. The lowest BCUT2D eigenvalue weighted by Gasteiger charge is -2.32. The molecular weight excluding hydrogens is 211 g/mol. The van der Waals surface area contributed by atoms with Gasteiger partial charge in [0.25, 0.3) is 0 Å². The van der Waals surface area contributed by atoms with Crippen LogP contribution in [-0.2, 0) is 4.79 Å². The second-order valence-corrected chi connectivity index (χ2v) is 4.66. The van der Waals surface area contributed by atoms with Crippen molar-refractivity contribution >= 4 is 13.1 Å². The van der Waals surface area contributed by atoms with E-state index in [1.807, 2.05) is 6.92 Å². The minimum atomic E-state index is -1.34. The smallest absolute Gasteiger partial charge is 0.451 e. The quantitative estimate of drug-likeness (QED) is 0.372. The zero-order valence-corrected chi connectivity index (χ0v) is 9.39. The number of carbonyl (C=O) groups is 1. The number of carboxylic acids is 1. The Bertz CT molecular complexity index is 264. The molecule has 0 unspecified atom stereocenters. The van der Waals surface area contributed by atoms with E-state index in [1.165, 1.54) is 0 Å². The third-order valence-electron chi connectivity index (χ3n) is 3.47. The molecule has 0 aromatic heterocycles. The molecule has 1 heterocycles. The van der Waals surface area contributed by atoms with Gasteiger partial charge in [-0.05, 0) is 12.7 Å². The van der Waals surface area contributed by atoms with E-state index in [9.17, 15) is 4.79 Å². The number of hydrogen-bond donors (Lipinski definition) is 5. The summed E-state index contributed by atoms with van der Waals surface area (Å²) in [7, 11) is -1.34. The van der Waals surface area contributed by atoms with Gasteiger partial charge in [0.05, 0.1) is 0 Å². The number of nitrogens with one attached hydrogen (secondary N) is 1. The summed E-state index contributed by atoms with van der Waals surface area (Å²) in [4.78, 5) is 11.0. The van der Waals surface area contributed by atoms with Gasteiger partial charge in [0.1, 0.15) is 6.04 Å². The predicted molar refractivity (Wildman–Crippen MR) is 59.7 cm³/mol. The average molecular weight is 230 g/mol. The normalized spacial score (nSPS) is 34.0. The molecule has 1 aliphatic rings. The Morgan fingerprint density at radius 2 is 2.25 bits per heavy atom. The van der Waals surface area contributed by atoms with Crippen molar-refractivity contribution in [1.82, 2.24) is 5.32 Å². The van der Waals surface area contributed by atoms with Crippen LogP contribution in [-0.4, -0.2) is 46.9 Å². The van der Waals surface area contributed by atoms with Crippen LogP contribution in [0.2, 0.25) is 6.32 Å². The lowest BCUT2D eigenvalue weighted by Crippen LogP contribution is -2.47. The fraction of sp³-hybridized carbons (Fsp3) is 0.889. The lowest BCUT2D eigenvalue weighted by molar-refractivity contribution is -0.141. The molecule has 92 valence electrons. The van der Waals surface area contributed by atoms with Crippen molar-refractivity contribution < 1.29 is 19.9 Å². The third-order valence-corrected chi connectivity index (χ3v) is 3.47.